The fourth-order valence-corrected chi connectivity index (χ4v) is 6.54. The highest BCUT2D eigenvalue weighted by atomic mass is 19.1. The number of carboxylic acids is 1. The van der Waals surface area contributed by atoms with Crippen LogP contribution in [0.4, 0.5) is 4.39 Å². The number of piperidine rings is 1. The van der Waals surface area contributed by atoms with E-state index >= 15 is 0 Å². The molecular formula is C34H34FN5O5. The number of fused-ring (bicyclic) bond motifs is 2. The van der Waals surface area contributed by atoms with Gasteiger partial charge in [0.05, 0.1) is 32.0 Å². The smallest absolute Gasteiger partial charge is 0.354 e. The molecule has 3 aliphatic rings. The predicted molar refractivity (Wildman–Crippen MR) is 162 cm³/mol. The third-order valence-electron chi connectivity index (χ3n) is 9.39. The highest BCUT2D eigenvalue weighted by Gasteiger charge is 2.44. The third-order valence-corrected chi connectivity index (χ3v) is 9.39. The summed E-state index contributed by atoms with van der Waals surface area (Å²) in [6, 6.07) is 16.7. The third kappa shape index (κ3) is 5.55. The highest BCUT2D eigenvalue weighted by molar-refractivity contribution is 5.88. The van der Waals surface area contributed by atoms with Crippen LogP contribution in [0.3, 0.4) is 0 Å². The molecule has 1 atom stereocenters. The summed E-state index contributed by atoms with van der Waals surface area (Å²) < 4.78 is 34.2. The van der Waals surface area contributed by atoms with E-state index in [2.05, 4.69) is 22.0 Å². The summed E-state index contributed by atoms with van der Waals surface area (Å²) in [7, 11) is 1.58. The van der Waals surface area contributed by atoms with Gasteiger partial charge in [-0.2, -0.15) is 5.26 Å². The number of alkyl halides is 1. The lowest BCUT2D eigenvalue weighted by molar-refractivity contribution is 0.0690. The maximum absolute atomic E-state index is 13.9. The van der Waals surface area contributed by atoms with Crippen LogP contribution in [-0.2, 0) is 13.1 Å². The number of benzene rings is 2. The number of ether oxygens (including phenoxy) is 3. The second kappa shape index (κ2) is 11.7. The van der Waals surface area contributed by atoms with Crippen molar-refractivity contribution >= 4 is 17.1 Å². The van der Waals surface area contributed by atoms with Crippen molar-refractivity contribution in [2.45, 2.75) is 50.8 Å². The molecule has 45 heavy (non-hydrogen) atoms. The molecule has 1 aliphatic carbocycles. The minimum Gasteiger partial charge on any atom is -0.496 e. The van der Waals surface area contributed by atoms with Crippen LogP contribution < -0.4 is 14.2 Å². The van der Waals surface area contributed by atoms with Gasteiger partial charge < -0.3 is 23.9 Å². The summed E-state index contributed by atoms with van der Waals surface area (Å²) in [4.78, 5) is 23.2. The van der Waals surface area contributed by atoms with Gasteiger partial charge in [0.15, 0.2) is 28.9 Å². The lowest BCUT2D eigenvalue weighted by Crippen LogP contribution is -2.34. The normalized spacial score (nSPS) is 19.3. The summed E-state index contributed by atoms with van der Waals surface area (Å²) in [5.74, 6) is 2.02. The Balaban J connectivity index is 1.08. The maximum atomic E-state index is 13.9. The molecule has 0 radical (unpaired) electrons. The lowest BCUT2D eigenvalue weighted by atomic mass is 9.88. The minimum atomic E-state index is -1.10. The summed E-state index contributed by atoms with van der Waals surface area (Å²) >= 11 is 0. The Bertz CT molecular complexity index is 1800. The first-order valence-electron chi connectivity index (χ1n) is 15.3. The number of aromatic carboxylic acids is 1. The fourth-order valence-electron chi connectivity index (χ4n) is 6.54. The molecule has 7 rings (SSSR count). The van der Waals surface area contributed by atoms with Gasteiger partial charge in [-0.05, 0) is 75.0 Å². The average Bonchev–Trinajstić information content (AvgIpc) is 3.78. The average molecular weight is 612 g/mol. The number of nitrogens with zero attached hydrogens (tertiary/aromatic N) is 5. The number of halogens is 1. The Morgan fingerprint density at radius 1 is 1.16 bits per heavy atom. The molecule has 1 saturated carbocycles. The molecule has 232 valence electrons. The number of pyridine rings is 1. The largest absolute Gasteiger partial charge is 0.496 e. The summed E-state index contributed by atoms with van der Waals surface area (Å²) in [5, 5.41) is 18.8. The second-order valence-corrected chi connectivity index (χ2v) is 12.3. The maximum Gasteiger partial charge on any atom is 0.354 e. The van der Waals surface area contributed by atoms with Crippen LogP contribution in [-0.4, -0.2) is 64.0 Å². The number of carbonyl (C=O) groups is 1. The van der Waals surface area contributed by atoms with Gasteiger partial charge in [-0.1, -0.05) is 18.2 Å². The van der Waals surface area contributed by atoms with E-state index in [1.54, 1.807) is 25.3 Å². The summed E-state index contributed by atoms with van der Waals surface area (Å²) in [6.07, 6.45) is 3.04. The number of carboxylic acid groups (broad SMARTS) is 1. The molecular weight excluding hydrogens is 577 g/mol. The zero-order valence-electron chi connectivity index (χ0n) is 25.0. The van der Waals surface area contributed by atoms with Crippen molar-refractivity contribution in [3.05, 3.63) is 76.7 Å². The van der Waals surface area contributed by atoms with Crippen LogP contribution in [0.1, 0.15) is 70.7 Å². The second-order valence-electron chi connectivity index (χ2n) is 12.3. The molecule has 0 unspecified atom stereocenters. The fraction of sp³-hybridized carbons (Fsp3) is 0.412. The van der Waals surface area contributed by atoms with E-state index in [1.807, 2.05) is 22.8 Å². The molecule has 0 amide bonds. The van der Waals surface area contributed by atoms with Crippen molar-refractivity contribution in [3.63, 3.8) is 0 Å². The van der Waals surface area contributed by atoms with Crippen LogP contribution in [0, 0.1) is 16.7 Å². The zero-order chi connectivity index (χ0) is 31.1. The molecule has 2 aromatic heterocycles. The van der Waals surface area contributed by atoms with E-state index in [9.17, 15) is 19.6 Å². The minimum absolute atomic E-state index is 0.0432. The molecule has 4 aromatic rings. The van der Waals surface area contributed by atoms with E-state index in [4.69, 9.17) is 19.2 Å². The number of imidazole rings is 1. The van der Waals surface area contributed by atoms with Gasteiger partial charge in [0.25, 0.3) is 0 Å². The topological polar surface area (TPSA) is 123 Å². The standard InChI is InChI=1S/C34H34FN5O5/c1-43-28-15-21(16-36)5-6-24(28)29-18-44-27-4-2-3-23(31(27)45-29)22-9-13-39(14-10-22)17-30-37-25-7-8-26(33(41)42)38-32(25)40(30)20-34(19-35)11-12-34/h2-8,15,22,29H,9-14,17-20H2,1H3,(H,41,42)/t29-/m1/s1. The molecule has 2 aliphatic heterocycles. The molecule has 2 fully saturated rings. The van der Waals surface area contributed by atoms with E-state index < -0.39 is 18.1 Å². The Morgan fingerprint density at radius 3 is 2.69 bits per heavy atom. The van der Waals surface area contributed by atoms with E-state index in [-0.39, 0.29) is 17.7 Å². The van der Waals surface area contributed by atoms with Crippen molar-refractivity contribution in [3.8, 4) is 23.3 Å². The Hall–Kier alpha value is -4.69. The van der Waals surface area contributed by atoms with Gasteiger partial charge >= 0.3 is 5.97 Å². The van der Waals surface area contributed by atoms with Crippen LogP contribution in [0.25, 0.3) is 11.2 Å². The van der Waals surface area contributed by atoms with Crippen molar-refractivity contribution in [1.29, 1.82) is 5.26 Å². The number of aromatic nitrogens is 3. The zero-order valence-corrected chi connectivity index (χ0v) is 25.0. The van der Waals surface area contributed by atoms with Crippen LogP contribution in [0.15, 0.2) is 48.5 Å². The van der Waals surface area contributed by atoms with E-state index in [1.165, 1.54) is 6.07 Å². The van der Waals surface area contributed by atoms with Gasteiger partial charge in [-0.25, -0.2) is 14.8 Å². The first kappa shape index (κ1) is 29.0. The number of rotatable bonds is 9. The van der Waals surface area contributed by atoms with Crippen LogP contribution >= 0.6 is 0 Å². The van der Waals surface area contributed by atoms with Gasteiger partial charge in [0.2, 0.25) is 0 Å². The molecule has 2 aromatic carbocycles. The number of nitriles is 1. The van der Waals surface area contributed by atoms with Crippen molar-refractivity contribution in [2.24, 2.45) is 5.41 Å². The number of hydrogen-bond donors (Lipinski definition) is 1. The van der Waals surface area contributed by atoms with Gasteiger partial charge in [0, 0.05) is 23.1 Å². The molecule has 1 N–H and O–H groups in total. The SMILES string of the molecule is COc1cc(C#N)ccc1[C@H]1COc2cccc(C3CCN(Cc4nc5ccc(C(=O)O)nc5n4CC4(CF)CC4)CC3)c2O1. The van der Waals surface area contributed by atoms with Crippen LogP contribution in [0.5, 0.6) is 17.2 Å². The molecule has 0 spiro atoms. The molecule has 11 heteroatoms. The van der Waals surface area contributed by atoms with Gasteiger partial charge in [0.1, 0.15) is 23.7 Å². The van der Waals surface area contributed by atoms with Gasteiger partial charge in [-0.15, -0.1) is 0 Å². The number of likely N-dealkylation sites (tertiary alicyclic amines) is 1. The van der Waals surface area contributed by atoms with Gasteiger partial charge in [-0.3, -0.25) is 9.29 Å². The first-order chi connectivity index (χ1) is 21.9. The molecule has 1 saturated heterocycles. The molecule has 0 bridgehead atoms. The summed E-state index contributed by atoms with van der Waals surface area (Å²) in [6.45, 7) is 2.59. The predicted octanol–water partition coefficient (Wildman–Crippen LogP) is 5.65. The lowest BCUT2D eigenvalue weighted by Gasteiger charge is -2.35. The van der Waals surface area contributed by atoms with Crippen molar-refractivity contribution in [1.82, 2.24) is 19.4 Å². The highest BCUT2D eigenvalue weighted by Crippen LogP contribution is 2.48. The quantitative estimate of drug-likeness (QED) is 0.256. The Morgan fingerprint density at radius 2 is 1.98 bits per heavy atom. The van der Waals surface area contributed by atoms with Crippen molar-refractivity contribution in [2.75, 3.05) is 33.5 Å². The van der Waals surface area contributed by atoms with E-state index in [0.717, 1.165) is 67.2 Å². The Labute approximate surface area is 260 Å². The van der Waals surface area contributed by atoms with Crippen molar-refractivity contribution < 1.29 is 28.5 Å². The number of methoxy groups -OCH3 is 1. The molecule has 4 heterocycles. The van der Waals surface area contributed by atoms with Crippen LogP contribution in [0.2, 0.25) is 0 Å². The Kier molecular flexibility index (Phi) is 7.53. The molecule has 10 nitrogen and oxygen atoms in total. The number of para-hydroxylation sites is 1. The number of hydrogen-bond acceptors (Lipinski definition) is 8. The first-order valence-corrected chi connectivity index (χ1v) is 15.3. The monoisotopic (exact) mass is 611 g/mol. The summed E-state index contributed by atoms with van der Waals surface area (Å²) in [5.41, 5.74) is 3.14. The van der Waals surface area contributed by atoms with E-state index in [0.29, 0.717) is 42.2 Å².